The Morgan fingerprint density at radius 2 is 2.21 bits per heavy atom. The molecule has 0 bridgehead atoms. The van der Waals surface area contributed by atoms with Crippen molar-refractivity contribution in [1.82, 2.24) is 9.55 Å². The molecule has 1 aromatic heterocycles. The van der Waals surface area contributed by atoms with E-state index in [0.29, 0.717) is 5.92 Å². The van der Waals surface area contributed by atoms with E-state index in [1.807, 2.05) is 17.7 Å². The van der Waals surface area contributed by atoms with Crippen molar-refractivity contribution in [2.75, 3.05) is 6.61 Å². The molecule has 3 N–H and O–H groups in total. The molecule has 4 nitrogen and oxygen atoms in total. The van der Waals surface area contributed by atoms with Crippen LogP contribution in [0.25, 0.3) is 0 Å². The van der Waals surface area contributed by atoms with Crippen LogP contribution in [0.15, 0.2) is 12.4 Å². The van der Waals surface area contributed by atoms with E-state index >= 15 is 0 Å². The number of imidazole rings is 1. The molecule has 0 aromatic carbocycles. The molecule has 0 saturated carbocycles. The van der Waals surface area contributed by atoms with Gasteiger partial charge < -0.3 is 15.4 Å². The van der Waals surface area contributed by atoms with E-state index in [0.717, 1.165) is 5.82 Å². The summed E-state index contributed by atoms with van der Waals surface area (Å²) in [6.45, 7) is 6.07. The zero-order valence-corrected chi connectivity index (χ0v) is 9.01. The summed E-state index contributed by atoms with van der Waals surface area (Å²) in [5, 5.41) is 9.31. The van der Waals surface area contributed by atoms with Gasteiger partial charge in [-0.2, -0.15) is 0 Å². The first-order valence-electron chi connectivity index (χ1n) is 4.93. The lowest BCUT2D eigenvalue weighted by Crippen LogP contribution is -2.38. The average molecular weight is 197 g/mol. The van der Waals surface area contributed by atoms with E-state index < -0.39 is 0 Å². The smallest absolute Gasteiger partial charge is 0.105 e. The minimum absolute atomic E-state index is 0.0482. The van der Waals surface area contributed by atoms with Crippen LogP contribution in [0.5, 0.6) is 0 Å². The minimum atomic E-state index is -0.0718. The summed E-state index contributed by atoms with van der Waals surface area (Å²) >= 11 is 0. The minimum Gasteiger partial charge on any atom is -0.394 e. The molecule has 14 heavy (non-hydrogen) atoms. The molecule has 4 heteroatoms. The highest BCUT2D eigenvalue weighted by Gasteiger charge is 2.22. The zero-order chi connectivity index (χ0) is 10.7. The van der Waals surface area contributed by atoms with Crippen molar-refractivity contribution >= 4 is 0 Å². The predicted molar refractivity (Wildman–Crippen MR) is 55.9 cm³/mol. The van der Waals surface area contributed by atoms with Crippen molar-refractivity contribution in [3.63, 3.8) is 0 Å². The standard InChI is InChI=1S/C10H19N3O/c1-7(2)10(11)9(6-14)13-5-4-12-8(13)3/h4-5,7,9-10,14H,6,11H2,1-3H3. The van der Waals surface area contributed by atoms with Crippen LogP contribution in [0.1, 0.15) is 25.7 Å². The Hall–Kier alpha value is -0.870. The maximum absolute atomic E-state index is 9.31. The number of nitrogens with zero attached hydrogens (tertiary/aromatic N) is 2. The maximum atomic E-state index is 9.31. The molecule has 1 rings (SSSR count). The van der Waals surface area contributed by atoms with Crippen molar-refractivity contribution < 1.29 is 5.11 Å². The second kappa shape index (κ2) is 4.57. The molecule has 0 spiro atoms. The monoisotopic (exact) mass is 197 g/mol. The molecule has 0 aliphatic rings. The van der Waals surface area contributed by atoms with Crippen molar-refractivity contribution in [2.45, 2.75) is 32.9 Å². The number of aromatic nitrogens is 2. The number of hydrogen-bond donors (Lipinski definition) is 2. The third-order valence-corrected chi connectivity index (χ3v) is 2.62. The van der Waals surface area contributed by atoms with E-state index in [2.05, 4.69) is 18.8 Å². The molecule has 80 valence electrons. The van der Waals surface area contributed by atoms with Crippen molar-refractivity contribution in [3.8, 4) is 0 Å². The van der Waals surface area contributed by atoms with Crippen LogP contribution in [0.4, 0.5) is 0 Å². The van der Waals surface area contributed by atoms with Crippen LogP contribution in [0.3, 0.4) is 0 Å². The molecule has 2 atom stereocenters. The van der Waals surface area contributed by atoms with Gasteiger partial charge in [0.05, 0.1) is 12.6 Å². The highest BCUT2D eigenvalue weighted by atomic mass is 16.3. The van der Waals surface area contributed by atoms with Crippen molar-refractivity contribution in [1.29, 1.82) is 0 Å². The molecule has 0 saturated heterocycles. The second-order valence-electron chi connectivity index (χ2n) is 3.95. The van der Waals surface area contributed by atoms with Crippen LogP contribution in [-0.4, -0.2) is 27.3 Å². The van der Waals surface area contributed by atoms with Crippen LogP contribution < -0.4 is 5.73 Å². The molecule has 1 aromatic rings. The lowest BCUT2D eigenvalue weighted by atomic mass is 9.98. The molecule has 0 fully saturated rings. The van der Waals surface area contributed by atoms with Gasteiger partial charge in [0.25, 0.3) is 0 Å². The van der Waals surface area contributed by atoms with Gasteiger partial charge in [-0.25, -0.2) is 4.98 Å². The quantitative estimate of drug-likeness (QED) is 0.747. The topological polar surface area (TPSA) is 64.1 Å². The fourth-order valence-electron chi connectivity index (χ4n) is 1.58. The first-order valence-corrected chi connectivity index (χ1v) is 4.93. The Morgan fingerprint density at radius 3 is 2.57 bits per heavy atom. The Bertz CT molecular complexity index is 283. The molecule has 0 amide bonds. The summed E-state index contributed by atoms with van der Waals surface area (Å²) in [6, 6.07) is -0.120. The van der Waals surface area contributed by atoms with Crippen molar-refractivity contribution in [2.24, 2.45) is 11.7 Å². The third kappa shape index (κ3) is 2.13. The fraction of sp³-hybridized carbons (Fsp3) is 0.700. The van der Waals surface area contributed by atoms with E-state index in [1.54, 1.807) is 6.20 Å². The zero-order valence-electron chi connectivity index (χ0n) is 9.01. The van der Waals surface area contributed by atoms with Gasteiger partial charge in [-0.3, -0.25) is 0 Å². The largest absolute Gasteiger partial charge is 0.394 e. The van der Waals surface area contributed by atoms with E-state index in [9.17, 15) is 5.11 Å². The van der Waals surface area contributed by atoms with Gasteiger partial charge in [0.2, 0.25) is 0 Å². The lowest BCUT2D eigenvalue weighted by molar-refractivity contribution is 0.187. The van der Waals surface area contributed by atoms with Gasteiger partial charge in [-0.1, -0.05) is 13.8 Å². The number of nitrogens with two attached hydrogens (primary N) is 1. The number of aliphatic hydroxyl groups excluding tert-OH is 1. The molecule has 0 aliphatic heterocycles. The SMILES string of the molecule is Cc1nccn1C(CO)C(N)C(C)C. The molecule has 0 radical (unpaired) electrons. The molecular weight excluding hydrogens is 178 g/mol. The van der Waals surface area contributed by atoms with E-state index in [1.165, 1.54) is 0 Å². The number of rotatable bonds is 4. The highest BCUT2D eigenvalue weighted by Crippen LogP contribution is 2.17. The van der Waals surface area contributed by atoms with Crippen molar-refractivity contribution in [3.05, 3.63) is 18.2 Å². The van der Waals surface area contributed by atoms with Gasteiger partial charge in [-0.15, -0.1) is 0 Å². The average Bonchev–Trinajstić information content (AvgIpc) is 2.53. The highest BCUT2D eigenvalue weighted by molar-refractivity contribution is 4.95. The Balaban J connectivity index is 2.87. The third-order valence-electron chi connectivity index (χ3n) is 2.62. The predicted octanol–water partition coefficient (Wildman–Crippen LogP) is 0.708. The summed E-state index contributed by atoms with van der Waals surface area (Å²) in [6.07, 6.45) is 3.59. The van der Waals surface area contributed by atoms with Gasteiger partial charge in [0.1, 0.15) is 5.82 Å². The van der Waals surface area contributed by atoms with Crippen LogP contribution in [0.2, 0.25) is 0 Å². The first-order chi connectivity index (χ1) is 6.57. The van der Waals surface area contributed by atoms with E-state index in [4.69, 9.17) is 5.73 Å². The summed E-state index contributed by atoms with van der Waals surface area (Å²) in [5.74, 6) is 1.23. The first kappa shape index (κ1) is 11.2. The maximum Gasteiger partial charge on any atom is 0.105 e. The Kier molecular flexibility index (Phi) is 3.66. The Labute approximate surface area is 84.8 Å². The van der Waals surface area contributed by atoms with Gasteiger partial charge in [0, 0.05) is 18.4 Å². The number of aryl methyl sites for hydroxylation is 1. The summed E-state index contributed by atoms with van der Waals surface area (Å²) in [4.78, 5) is 4.12. The van der Waals surface area contributed by atoms with Gasteiger partial charge in [0.15, 0.2) is 0 Å². The molecule has 2 unspecified atom stereocenters. The second-order valence-corrected chi connectivity index (χ2v) is 3.95. The van der Waals surface area contributed by atoms with Crippen LogP contribution >= 0.6 is 0 Å². The summed E-state index contributed by atoms with van der Waals surface area (Å²) in [7, 11) is 0. The number of aliphatic hydroxyl groups is 1. The lowest BCUT2D eigenvalue weighted by Gasteiger charge is -2.27. The molecule has 0 aliphatic carbocycles. The fourth-order valence-corrected chi connectivity index (χ4v) is 1.58. The summed E-state index contributed by atoms with van der Waals surface area (Å²) < 4.78 is 1.94. The van der Waals surface area contributed by atoms with E-state index in [-0.39, 0.29) is 18.7 Å². The van der Waals surface area contributed by atoms with Gasteiger partial charge >= 0.3 is 0 Å². The van der Waals surface area contributed by atoms with Gasteiger partial charge in [-0.05, 0) is 12.8 Å². The summed E-state index contributed by atoms with van der Waals surface area (Å²) in [5.41, 5.74) is 6.02. The van der Waals surface area contributed by atoms with Crippen LogP contribution in [-0.2, 0) is 0 Å². The molecule has 1 heterocycles. The normalized spacial score (nSPS) is 15.9. The number of hydrogen-bond acceptors (Lipinski definition) is 3. The Morgan fingerprint density at radius 1 is 1.57 bits per heavy atom. The molecular formula is C10H19N3O. The van der Waals surface area contributed by atoms with Crippen LogP contribution in [0, 0.1) is 12.8 Å².